The lowest BCUT2D eigenvalue weighted by atomic mass is 9.91. The van der Waals surface area contributed by atoms with Crippen LogP contribution in [0.1, 0.15) is 46.4 Å². The normalized spacial score (nSPS) is 15.1. The van der Waals surface area contributed by atoms with Gasteiger partial charge >= 0.3 is 6.03 Å². The molecule has 0 aliphatic carbocycles. The van der Waals surface area contributed by atoms with E-state index in [4.69, 9.17) is 9.47 Å². The number of rotatable bonds is 7. The number of urea groups is 1. The van der Waals surface area contributed by atoms with Crippen LogP contribution in [-0.4, -0.2) is 50.7 Å². The number of benzene rings is 2. The molecule has 0 radical (unpaired) electrons. The van der Waals surface area contributed by atoms with Crippen molar-refractivity contribution in [1.82, 2.24) is 15.5 Å². The molecule has 0 bridgehead atoms. The summed E-state index contributed by atoms with van der Waals surface area (Å²) in [6.07, 6.45) is 1.56. The van der Waals surface area contributed by atoms with Gasteiger partial charge in [0.1, 0.15) is 0 Å². The number of carbonyl (C=O) groups is 2. The van der Waals surface area contributed by atoms with Gasteiger partial charge in [-0.15, -0.1) is 0 Å². The first-order chi connectivity index (χ1) is 15.0. The molecule has 0 fully saturated rings. The second kappa shape index (κ2) is 10.2. The van der Waals surface area contributed by atoms with E-state index in [1.165, 1.54) is 0 Å². The van der Waals surface area contributed by atoms with Crippen molar-refractivity contribution >= 4 is 11.9 Å². The van der Waals surface area contributed by atoms with Crippen LogP contribution in [0.25, 0.3) is 0 Å². The Morgan fingerprint density at radius 2 is 1.74 bits per heavy atom. The van der Waals surface area contributed by atoms with E-state index in [0.29, 0.717) is 43.1 Å². The minimum atomic E-state index is -0.310. The second-order valence-corrected chi connectivity index (χ2v) is 7.67. The lowest BCUT2D eigenvalue weighted by Gasteiger charge is -2.38. The van der Waals surface area contributed by atoms with Crippen molar-refractivity contribution in [1.29, 1.82) is 0 Å². The van der Waals surface area contributed by atoms with Crippen LogP contribution < -0.4 is 20.1 Å². The summed E-state index contributed by atoms with van der Waals surface area (Å²) >= 11 is 0. The smallest absolute Gasteiger partial charge is 0.317 e. The van der Waals surface area contributed by atoms with E-state index in [1.807, 2.05) is 38.1 Å². The average molecular weight is 426 g/mol. The van der Waals surface area contributed by atoms with Gasteiger partial charge in [0.15, 0.2) is 11.5 Å². The first-order valence-electron chi connectivity index (χ1n) is 10.6. The summed E-state index contributed by atoms with van der Waals surface area (Å²) in [5.41, 5.74) is 3.74. The topological polar surface area (TPSA) is 79.9 Å². The molecular weight excluding hydrogens is 394 g/mol. The molecule has 0 saturated heterocycles. The van der Waals surface area contributed by atoms with Gasteiger partial charge in [-0.1, -0.05) is 24.6 Å². The Bertz CT molecular complexity index is 927. The highest BCUT2D eigenvalue weighted by molar-refractivity contribution is 5.94. The molecule has 7 heteroatoms. The highest BCUT2D eigenvalue weighted by Gasteiger charge is 2.32. The third-order valence-electron chi connectivity index (χ3n) is 5.56. The van der Waals surface area contributed by atoms with Crippen molar-refractivity contribution in [3.8, 4) is 11.5 Å². The van der Waals surface area contributed by atoms with Gasteiger partial charge < -0.3 is 25.0 Å². The molecular formula is C24H31N3O4. The monoisotopic (exact) mass is 425 g/mol. The number of nitrogens with zero attached hydrogens (tertiary/aromatic N) is 1. The van der Waals surface area contributed by atoms with Crippen molar-refractivity contribution in [3.05, 3.63) is 58.7 Å². The predicted octanol–water partition coefficient (Wildman–Crippen LogP) is 3.46. The molecule has 0 saturated carbocycles. The third-order valence-corrected chi connectivity index (χ3v) is 5.56. The standard InChI is InChI=1S/C24H31N3O4/c1-5-11-25-24(29)27-12-10-18-13-21(30-3)22(31-4)14-19(18)20(27)15-26-23(28)17-8-6-16(2)7-9-17/h6-9,13-14,20H,5,10-12,15H2,1-4H3,(H,25,29)(H,26,28)/t20-/m0/s1. The Morgan fingerprint density at radius 3 is 2.39 bits per heavy atom. The summed E-state index contributed by atoms with van der Waals surface area (Å²) in [5, 5.41) is 5.96. The number of hydrogen-bond donors (Lipinski definition) is 2. The third kappa shape index (κ3) is 5.10. The fourth-order valence-electron chi connectivity index (χ4n) is 3.82. The zero-order valence-electron chi connectivity index (χ0n) is 18.7. The number of nitrogens with one attached hydrogen (secondary N) is 2. The minimum Gasteiger partial charge on any atom is -0.493 e. The summed E-state index contributed by atoms with van der Waals surface area (Å²) in [7, 11) is 3.20. The Balaban J connectivity index is 1.88. The van der Waals surface area contributed by atoms with Crippen molar-refractivity contribution in [2.24, 2.45) is 0 Å². The Hall–Kier alpha value is -3.22. The minimum absolute atomic E-state index is 0.128. The summed E-state index contributed by atoms with van der Waals surface area (Å²) in [6.45, 7) is 5.46. The molecule has 7 nitrogen and oxygen atoms in total. The van der Waals surface area contributed by atoms with Gasteiger partial charge in [0.2, 0.25) is 0 Å². The van der Waals surface area contributed by atoms with Crippen LogP contribution >= 0.6 is 0 Å². The van der Waals surface area contributed by atoms with Gasteiger partial charge in [-0.25, -0.2) is 4.79 Å². The van der Waals surface area contributed by atoms with Crippen LogP contribution in [0.4, 0.5) is 4.79 Å². The number of carbonyl (C=O) groups excluding carboxylic acids is 2. The number of amides is 3. The zero-order chi connectivity index (χ0) is 22.4. The van der Waals surface area contributed by atoms with Crippen LogP contribution in [-0.2, 0) is 6.42 Å². The highest BCUT2D eigenvalue weighted by Crippen LogP contribution is 2.38. The molecule has 0 aromatic heterocycles. The molecule has 31 heavy (non-hydrogen) atoms. The summed E-state index contributed by atoms with van der Waals surface area (Å²) < 4.78 is 10.9. The van der Waals surface area contributed by atoms with Gasteiger partial charge in [-0.2, -0.15) is 0 Å². The van der Waals surface area contributed by atoms with Gasteiger partial charge in [0.05, 0.1) is 20.3 Å². The predicted molar refractivity (Wildman–Crippen MR) is 120 cm³/mol. The number of ether oxygens (including phenoxy) is 2. The van der Waals surface area contributed by atoms with Crippen molar-refractivity contribution in [2.75, 3.05) is 33.9 Å². The molecule has 1 atom stereocenters. The first-order valence-corrected chi connectivity index (χ1v) is 10.6. The fraction of sp³-hybridized carbons (Fsp3) is 0.417. The Labute approximate surface area is 183 Å². The SMILES string of the molecule is CCCNC(=O)N1CCc2cc(OC)c(OC)cc2[C@@H]1CNC(=O)c1ccc(C)cc1. The molecule has 3 rings (SSSR count). The molecule has 166 valence electrons. The van der Waals surface area contributed by atoms with Gasteiger partial charge in [0, 0.05) is 25.2 Å². The first kappa shape index (κ1) is 22.5. The average Bonchev–Trinajstić information content (AvgIpc) is 2.79. The van der Waals surface area contributed by atoms with Crippen molar-refractivity contribution in [3.63, 3.8) is 0 Å². The number of fused-ring (bicyclic) bond motifs is 1. The molecule has 0 unspecified atom stereocenters. The maximum atomic E-state index is 12.9. The fourth-order valence-corrected chi connectivity index (χ4v) is 3.82. The van der Waals surface area contributed by atoms with E-state index in [2.05, 4.69) is 10.6 Å². The summed E-state index contributed by atoms with van der Waals surface area (Å²) in [5.74, 6) is 1.10. The second-order valence-electron chi connectivity index (χ2n) is 7.67. The van der Waals surface area contributed by atoms with E-state index in [-0.39, 0.29) is 18.0 Å². The van der Waals surface area contributed by atoms with Gasteiger partial charge in [-0.3, -0.25) is 4.79 Å². The molecule has 2 aromatic carbocycles. The van der Waals surface area contributed by atoms with E-state index < -0.39 is 0 Å². The van der Waals surface area contributed by atoms with Crippen LogP contribution in [0.3, 0.4) is 0 Å². The van der Waals surface area contributed by atoms with E-state index >= 15 is 0 Å². The molecule has 1 aliphatic rings. The molecule has 2 N–H and O–H groups in total. The van der Waals surface area contributed by atoms with Crippen molar-refractivity contribution in [2.45, 2.75) is 32.7 Å². The van der Waals surface area contributed by atoms with E-state index in [1.54, 1.807) is 31.3 Å². The van der Waals surface area contributed by atoms with Crippen LogP contribution in [0.15, 0.2) is 36.4 Å². The Kier molecular flexibility index (Phi) is 7.39. The Morgan fingerprint density at radius 1 is 1.06 bits per heavy atom. The highest BCUT2D eigenvalue weighted by atomic mass is 16.5. The van der Waals surface area contributed by atoms with E-state index in [9.17, 15) is 9.59 Å². The lowest BCUT2D eigenvalue weighted by Crippen LogP contribution is -2.49. The summed E-state index contributed by atoms with van der Waals surface area (Å²) in [6, 6.07) is 10.9. The zero-order valence-corrected chi connectivity index (χ0v) is 18.7. The number of methoxy groups -OCH3 is 2. The number of hydrogen-bond acceptors (Lipinski definition) is 4. The number of aryl methyl sites for hydroxylation is 1. The lowest BCUT2D eigenvalue weighted by molar-refractivity contribution is 0.0934. The molecule has 0 spiro atoms. The quantitative estimate of drug-likeness (QED) is 0.712. The summed E-state index contributed by atoms with van der Waals surface area (Å²) in [4.78, 5) is 27.4. The van der Waals surface area contributed by atoms with Gasteiger partial charge in [0.25, 0.3) is 5.91 Å². The molecule has 1 aliphatic heterocycles. The van der Waals surface area contributed by atoms with Crippen LogP contribution in [0.2, 0.25) is 0 Å². The maximum Gasteiger partial charge on any atom is 0.317 e. The van der Waals surface area contributed by atoms with Crippen LogP contribution in [0, 0.1) is 6.92 Å². The van der Waals surface area contributed by atoms with Crippen LogP contribution in [0.5, 0.6) is 11.5 Å². The van der Waals surface area contributed by atoms with Gasteiger partial charge in [-0.05, 0) is 55.2 Å². The largest absolute Gasteiger partial charge is 0.493 e. The molecule has 2 aromatic rings. The molecule has 1 heterocycles. The maximum absolute atomic E-state index is 12.9. The van der Waals surface area contributed by atoms with E-state index in [0.717, 1.165) is 23.1 Å². The molecule has 3 amide bonds. The van der Waals surface area contributed by atoms with Crippen molar-refractivity contribution < 1.29 is 19.1 Å².